The quantitative estimate of drug-likeness (QED) is 0.828. The summed E-state index contributed by atoms with van der Waals surface area (Å²) >= 11 is 0. The molecular weight excluding hydrogens is 280 g/mol. The molecule has 2 heteroatoms. The summed E-state index contributed by atoms with van der Waals surface area (Å²) in [7, 11) is 2.22. The maximum absolute atomic E-state index is 2.60. The van der Waals surface area contributed by atoms with Crippen molar-refractivity contribution in [1.29, 1.82) is 0 Å². The number of hydrogen-bond donors (Lipinski definition) is 0. The molecule has 122 valence electrons. The van der Waals surface area contributed by atoms with Crippen LogP contribution in [-0.4, -0.2) is 49.6 Å². The Hall–Kier alpha value is -1.64. The fourth-order valence-corrected chi connectivity index (χ4v) is 3.19. The first kappa shape index (κ1) is 16.2. The van der Waals surface area contributed by atoms with Crippen LogP contribution in [0.3, 0.4) is 0 Å². The van der Waals surface area contributed by atoms with E-state index < -0.39 is 0 Å². The van der Waals surface area contributed by atoms with Gasteiger partial charge in [0, 0.05) is 26.2 Å². The van der Waals surface area contributed by atoms with Gasteiger partial charge in [-0.15, -0.1) is 0 Å². The lowest BCUT2D eigenvalue weighted by Gasteiger charge is -2.32. The lowest BCUT2D eigenvalue weighted by molar-refractivity contribution is 0.153. The fraction of sp³-hybridized carbons (Fsp3) is 0.429. The Kier molecular flexibility index (Phi) is 5.47. The van der Waals surface area contributed by atoms with Gasteiger partial charge in [0.25, 0.3) is 0 Å². The van der Waals surface area contributed by atoms with E-state index in [1.165, 1.54) is 67.8 Å². The van der Waals surface area contributed by atoms with E-state index in [1.807, 2.05) is 0 Å². The van der Waals surface area contributed by atoms with Gasteiger partial charge in [0.2, 0.25) is 0 Å². The van der Waals surface area contributed by atoms with Crippen molar-refractivity contribution < 1.29 is 0 Å². The number of nitrogens with zero attached hydrogens (tertiary/aromatic N) is 2. The Morgan fingerprint density at radius 3 is 1.96 bits per heavy atom. The number of piperazine rings is 1. The van der Waals surface area contributed by atoms with Crippen molar-refractivity contribution in [3.05, 3.63) is 59.7 Å². The van der Waals surface area contributed by atoms with E-state index >= 15 is 0 Å². The SMILES string of the molecule is Cc1ccc(-c2ccc(CCCN3CCN(C)CC3)cc2)cc1. The Balaban J connectivity index is 1.49. The highest BCUT2D eigenvalue weighted by Crippen LogP contribution is 2.20. The van der Waals surface area contributed by atoms with Gasteiger partial charge in [0.15, 0.2) is 0 Å². The summed E-state index contributed by atoms with van der Waals surface area (Å²) in [6, 6.07) is 17.9. The Morgan fingerprint density at radius 1 is 0.783 bits per heavy atom. The average molecular weight is 308 g/mol. The predicted molar refractivity (Wildman–Crippen MR) is 98.9 cm³/mol. The largest absolute Gasteiger partial charge is 0.304 e. The molecule has 3 rings (SSSR count). The highest BCUT2D eigenvalue weighted by molar-refractivity contribution is 5.63. The zero-order valence-electron chi connectivity index (χ0n) is 14.5. The van der Waals surface area contributed by atoms with Crippen LogP contribution in [0.2, 0.25) is 0 Å². The lowest BCUT2D eigenvalue weighted by atomic mass is 10.0. The van der Waals surface area contributed by atoms with Crippen LogP contribution >= 0.6 is 0 Å². The number of likely N-dealkylation sites (N-methyl/N-ethyl adjacent to an activating group) is 1. The highest BCUT2D eigenvalue weighted by atomic mass is 15.2. The summed E-state index contributed by atoms with van der Waals surface area (Å²) in [4.78, 5) is 5.01. The standard InChI is InChI=1S/C21H28N2/c1-18-5-9-20(10-6-18)21-11-7-19(8-12-21)4-3-13-23-16-14-22(2)15-17-23/h5-12H,3-4,13-17H2,1-2H3. The normalized spacial score (nSPS) is 16.6. The number of hydrogen-bond acceptors (Lipinski definition) is 2. The molecule has 2 aromatic carbocycles. The molecule has 0 saturated carbocycles. The van der Waals surface area contributed by atoms with Crippen molar-refractivity contribution in [3.8, 4) is 11.1 Å². The third-order valence-corrected chi connectivity index (χ3v) is 4.87. The van der Waals surface area contributed by atoms with Crippen LogP contribution in [-0.2, 0) is 6.42 Å². The smallest absolute Gasteiger partial charge is 0.0110 e. The van der Waals surface area contributed by atoms with Gasteiger partial charge in [-0.25, -0.2) is 0 Å². The Morgan fingerprint density at radius 2 is 1.35 bits per heavy atom. The summed E-state index contributed by atoms with van der Waals surface area (Å²) in [5, 5.41) is 0. The number of benzene rings is 2. The summed E-state index contributed by atoms with van der Waals surface area (Å²) < 4.78 is 0. The summed E-state index contributed by atoms with van der Waals surface area (Å²) in [5.41, 5.74) is 5.39. The zero-order valence-corrected chi connectivity index (χ0v) is 14.5. The van der Waals surface area contributed by atoms with Crippen molar-refractivity contribution >= 4 is 0 Å². The van der Waals surface area contributed by atoms with Crippen molar-refractivity contribution in [3.63, 3.8) is 0 Å². The lowest BCUT2D eigenvalue weighted by Crippen LogP contribution is -2.44. The van der Waals surface area contributed by atoms with Gasteiger partial charge >= 0.3 is 0 Å². The predicted octanol–water partition coefficient (Wildman–Crippen LogP) is 3.84. The second-order valence-corrected chi connectivity index (χ2v) is 6.81. The van der Waals surface area contributed by atoms with E-state index in [9.17, 15) is 0 Å². The van der Waals surface area contributed by atoms with Gasteiger partial charge in [-0.3, -0.25) is 0 Å². The van der Waals surface area contributed by atoms with E-state index in [-0.39, 0.29) is 0 Å². The molecule has 0 unspecified atom stereocenters. The third-order valence-electron chi connectivity index (χ3n) is 4.87. The minimum Gasteiger partial charge on any atom is -0.304 e. The van der Waals surface area contributed by atoms with E-state index in [2.05, 4.69) is 72.3 Å². The molecule has 0 atom stereocenters. The van der Waals surface area contributed by atoms with E-state index in [1.54, 1.807) is 0 Å². The van der Waals surface area contributed by atoms with Crippen LogP contribution in [0.1, 0.15) is 17.5 Å². The summed E-state index contributed by atoms with van der Waals surface area (Å²) in [6.07, 6.45) is 2.44. The molecule has 0 spiro atoms. The van der Waals surface area contributed by atoms with Crippen LogP contribution in [0.15, 0.2) is 48.5 Å². The Labute approximate surface area is 140 Å². The first-order valence-electron chi connectivity index (χ1n) is 8.77. The van der Waals surface area contributed by atoms with E-state index in [0.717, 1.165) is 0 Å². The van der Waals surface area contributed by atoms with E-state index in [4.69, 9.17) is 0 Å². The van der Waals surface area contributed by atoms with Gasteiger partial charge in [-0.05, 0) is 50.0 Å². The van der Waals surface area contributed by atoms with E-state index in [0.29, 0.717) is 0 Å². The fourth-order valence-electron chi connectivity index (χ4n) is 3.19. The molecule has 0 aromatic heterocycles. The zero-order chi connectivity index (χ0) is 16.1. The molecule has 0 radical (unpaired) electrons. The minimum atomic E-state index is 1.18. The number of aryl methyl sites for hydroxylation is 2. The van der Waals surface area contributed by atoms with Crippen LogP contribution < -0.4 is 0 Å². The molecule has 0 amide bonds. The van der Waals surface area contributed by atoms with Crippen LogP contribution in [0.5, 0.6) is 0 Å². The van der Waals surface area contributed by atoms with Crippen LogP contribution in [0.25, 0.3) is 11.1 Å². The van der Waals surface area contributed by atoms with Crippen molar-refractivity contribution in [1.82, 2.24) is 9.80 Å². The molecule has 0 N–H and O–H groups in total. The molecule has 1 aliphatic rings. The maximum atomic E-state index is 2.60. The Bertz CT molecular complexity index is 593. The van der Waals surface area contributed by atoms with Gasteiger partial charge < -0.3 is 9.80 Å². The highest BCUT2D eigenvalue weighted by Gasteiger charge is 2.12. The van der Waals surface area contributed by atoms with Crippen LogP contribution in [0, 0.1) is 6.92 Å². The first-order valence-corrected chi connectivity index (χ1v) is 8.77. The molecule has 1 heterocycles. The van der Waals surface area contributed by atoms with Gasteiger partial charge in [0.1, 0.15) is 0 Å². The molecule has 1 fully saturated rings. The van der Waals surface area contributed by atoms with Gasteiger partial charge in [-0.1, -0.05) is 54.1 Å². The van der Waals surface area contributed by atoms with Gasteiger partial charge in [0.05, 0.1) is 0 Å². The minimum absolute atomic E-state index is 1.18. The maximum Gasteiger partial charge on any atom is 0.0110 e. The first-order chi connectivity index (χ1) is 11.2. The molecule has 1 aliphatic heterocycles. The topological polar surface area (TPSA) is 6.48 Å². The van der Waals surface area contributed by atoms with Crippen LogP contribution in [0.4, 0.5) is 0 Å². The molecular formula is C21H28N2. The molecule has 0 aliphatic carbocycles. The van der Waals surface area contributed by atoms with Gasteiger partial charge in [-0.2, -0.15) is 0 Å². The molecule has 2 nitrogen and oxygen atoms in total. The van der Waals surface area contributed by atoms with Crippen molar-refractivity contribution in [2.45, 2.75) is 19.8 Å². The molecule has 0 bridgehead atoms. The second kappa shape index (κ2) is 7.76. The summed E-state index contributed by atoms with van der Waals surface area (Å²) in [6.45, 7) is 8.24. The van der Waals surface area contributed by atoms with Crippen molar-refractivity contribution in [2.24, 2.45) is 0 Å². The third kappa shape index (κ3) is 4.66. The molecule has 2 aromatic rings. The summed E-state index contributed by atoms with van der Waals surface area (Å²) in [5.74, 6) is 0. The van der Waals surface area contributed by atoms with Crippen molar-refractivity contribution in [2.75, 3.05) is 39.8 Å². The molecule has 23 heavy (non-hydrogen) atoms. The monoisotopic (exact) mass is 308 g/mol. The molecule has 1 saturated heterocycles. The number of rotatable bonds is 5. The average Bonchev–Trinajstić information content (AvgIpc) is 2.58. The second-order valence-electron chi connectivity index (χ2n) is 6.81.